The van der Waals surface area contributed by atoms with Crippen LogP contribution in [0.1, 0.15) is 73.8 Å². The van der Waals surface area contributed by atoms with Crippen molar-refractivity contribution >= 4 is 17.6 Å². The van der Waals surface area contributed by atoms with Gasteiger partial charge in [-0.2, -0.15) is 9.67 Å². The van der Waals surface area contributed by atoms with E-state index in [-0.39, 0.29) is 5.95 Å². The number of nitrogen functional groups attached to an aromatic ring is 1. The third-order valence-corrected chi connectivity index (χ3v) is 8.78. The van der Waals surface area contributed by atoms with Gasteiger partial charge in [0.15, 0.2) is 5.82 Å². The zero-order valence-corrected chi connectivity index (χ0v) is 22.9. The molecule has 206 valence electrons. The number of aromatic nitrogens is 6. The Balaban J connectivity index is 1.06. The number of anilines is 3. The molecule has 1 saturated carbocycles. The van der Waals surface area contributed by atoms with Gasteiger partial charge in [-0.25, -0.2) is 0 Å². The molecule has 1 aromatic carbocycles. The number of aryl methyl sites for hydroxylation is 4. The fourth-order valence-corrected chi connectivity index (χ4v) is 6.67. The maximum atomic E-state index is 6.30. The summed E-state index contributed by atoms with van der Waals surface area (Å²) in [5, 5.41) is 21.0. The molecule has 3 aliphatic carbocycles. The summed E-state index contributed by atoms with van der Waals surface area (Å²) in [7, 11) is 0. The van der Waals surface area contributed by atoms with Crippen molar-refractivity contribution in [2.75, 3.05) is 11.1 Å². The fraction of sp³-hybridized carbons (Fsp3) is 0.452. The third kappa shape index (κ3) is 5.18. The van der Waals surface area contributed by atoms with Gasteiger partial charge in [0.1, 0.15) is 0 Å². The maximum Gasteiger partial charge on any atom is 0.248 e. The van der Waals surface area contributed by atoms with E-state index in [1.165, 1.54) is 56.1 Å². The average molecular weight is 536 g/mol. The Kier molecular flexibility index (Phi) is 6.89. The van der Waals surface area contributed by atoms with Crippen LogP contribution in [0.3, 0.4) is 0 Å². The molecule has 4 N–H and O–H groups in total. The molecule has 0 spiro atoms. The number of hydrogen-bond acceptors (Lipinski definition) is 8. The van der Waals surface area contributed by atoms with Crippen molar-refractivity contribution in [1.82, 2.24) is 35.3 Å². The molecule has 40 heavy (non-hydrogen) atoms. The molecule has 1 atom stereocenters. The molecule has 7 rings (SSSR count). The normalized spacial score (nSPS) is 19.1. The Morgan fingerprint density at radius 1 is 0.800 bits per heavy atom. The van der Waals surface area contributed by atoms with Crippen molar-refractivity contribution in [3.8, 4) is 17.1 Å². The smallest absolute Gasteiger partial charge is 0.248 e. The Morgan fingerprint density at radius 3 is 2.55 bits per heavy atom. The number of fused-ring (bicyclic) bond motifs is 4. The lowest BCUT2D eigenvalue weighted by Gasteiger charge is -2.28. The first-order chi connectivity index (χ1) is 19.7. The number of benzene rings is 1. The van der Waals surface area contributed by atoms with Crippen LogP contribution in [-0.4, -0.2) is 42.0 Å². The van der Waals surface area contributed by atoms with Crippen molar-refractivity contribution in [2.45, 2.75) is 89.1 Å². The van der Waals surface area contributed by atoms with E-state index in [1.807, 2.05) is 18.3 Å². The highest BCUT2D eigenvalue weighted by Crippen LogP contribution is 2.31. The van der Waals surface area contributed by atoms with E-state index in [0.717, 1.165) is 60.3 Å². The minimum Gasteiger partial charge on any atom is -0.368 e. The van der Waals surface area contributed by atoms with Crippen molar-refractivity contribution in [2.24, 2.45) is 0 Å². The van der Waals surface area contributed by atoms with Crippen LogP contribution in [0.2, 0.25) is 0 Å². The molecule has 9 nitrogen and oxygen atoms in total. The van der Waals surface area contributed by atoms with Crippen LogP contribution >= 0.6 is 0 Å². The first-order valence-electron chi connectivity index (χ1n) is 14.9. The lowest BCUT2D eigenvalue weighted by atomic mass is 9.94. The van der Waals surface area contributed by atoms with Gasteiger partial charge in [-0.05, 0) is 105 Å². The second kappa shape index (κ2) is 11.0. The lowest BCUT2D eigenvalue weighted by molar-refractivity contribution is 0.321. The summed E-state index contributed by atoms with van der Waals surface area (Å²) in [5.41, 5.74) is 14.3. The Labute approximate surface area is 235 Å². The quantitative estimate of drug-likeness (QED) is 0.302. The van der Waals surface area contributed by atoms with Crippen LogP contribution in [0.25, 0.3) is 17.1 Å². The van der Waals surface area contributed by atoms with Crippen molar-refractivity contribution in [3.63, 3.8) is 0 Å². The van der Waals surface area contributed by atoms with Crippen molar-refractivity contribution < 1.29 is 0 Å². The molecule has 3 heterocycles. The summed E-state index contributed by atoms with van der Waals surface area (Å²) in [6.45, 7) is 0. The summed E-state index contributed by atoms with van der Waals surface area (Å²) < 4.78 is 1.57. The number of hydrogen-bond donors (Lipinski definition) is 3. The molecule has 0 radical (unpaired) electrons. The van der Waals surface area contributed by atoms with Gasteiger partial charge in [-0.15, -0.1) is 15.3 Å². The fourth-order valence-electron chi connectivity index (χ4n) is 6.67. The predicted octanol–water partition coefficient (Wildman–Crippen LogP) is 5.10. The molecule has 0 aliphatic heterocycles. The van der Waals surface area contributed by atoms with Gasteiger partial charge in [0.2, 0.25) is 11.9 Å². The van der Waals surface area contributed by atoms with E-state index in [4.69, 9.17) is 5.73 Å². The molecule has 3 aromatic heterocycles. The van der Waals surface area contributed by atoms with Crippen LogP contribution < -0.4 is 16.4 Å². The molecule has 0 unspecified atom stereocenters. The van der Waals surface area contributed by atoms with Gasteiger partial charge in [0.05, 0.1) is 5.69 Å². The highest BCUT2D eigenvalue weighted by atomic mass is 15.4. The molecule has 9 heteroatoms. The molecular formula is C31H37N9. The Hall–Kier alpha value is -3.85. The van der Waals surface area contributed by atoms with Gasteiger partial charge >= 0.3 is 0 Å². The number of pyridine rings is 1. The zero-order valence-electron chi connectivity index (χ0n) is 22.9. The molecule has 0 bridgehead atoms. The van der Waals surface area contributed by atoms with Crippen LogP contribution in [0, 0.1) is 0 Å². The van der Waals surface area contributed by atoms with Gasteiger partial charge in [-0.1, -0.05) is 25.3 Å². The highest BCUT2D eigenvalue weighted by Gasteiger charge is 2.22. The van der Waals surface area contributed by atoms with E-state index in [1.54, 1.807) is 4.68 Å². The van der Waals surface area contributed by atoms with Gasteiger partial charge in [0.25, 0.3) is 0 Å². The molecule has 0 saturated heterocycles. The van der Waals surface area contributed by atoms with Crippen LogP contribution in [0.15, 0.2) is 42.6 Å². The predicted molar refractivity (Wildman–Crippen MR) is 157 cm³/mol. The molecule has 4 aromatic rings. The minimum atomic E-state index is 0.277. The third-order valence-electron chi connectivity index (χ3n) is 8.78. The number of nitrogens with two attached hydrogens (primary N) is 1. The summed E-state index contributed by atoms with van der Waals surface area (Å²) in [6, 6.07) is 14.0. The summed E-state index contributed by atoms with van der Waals surface area (Å²) >= 11 is 0. The second-order valence-corrected chi connectivity index (χ2v) is 11.5. The molecule has 3 aliphatic rings. The zero-order chi connectivity index (χ0) is 26.9. The second-order valence-electron chi connectivity index (χ2n) is 11.5. The van der Waals surface area contributed by atoms with E-state index in [0.29, 0.717) is 23.8 Å². The molecule has 1 fully saturated rings. The van der Waals surface area contributed by atoms with Crippen LogP contribution in [-0.2, 0) is 25.7 Å². The standard InChI is InChI=1S/C31H37N9/c32-30-36-31(39-40(30)28-19-22-6-4-10-27-26(9-5-17-33-27)29(22)38-37-28)35-25-16-12-20-11-14-24(15-13-21(20)18-25)34-23-7-2-1-3-8-23/h5,9,12,16-19,23-24,34H,1-4,6-8,10-11,13-15H2,(H3,32,35,36,39)/t24-/m1/s1. The van der Waals surface area contributed by atoms with E-state index < -0.39 is 0 Å². The number of nitrogens with zero attached hydrogens (tertiary/aromatic N) is 6. The minimum absolute atomic E-state index is 0.277. The largest absolute Gasteiger partial charge is 0.368 e. The Bertz CT molecular complexity index is 1500. The SMILES string of the molecule is Nc1nc(Nc2ccc3c(c2)CC[C@H](NC2CCCCC2)CC3)nn1-c1cc2c(nn1)-c1cccnc1CCC2. The average Bonchev–Trinajstić information content (AvgIpc) is 3.12. The van der Waals surface area contributed by atoms with Crippen molar-refractivity contribution in [1.29, 1.82) is 0 Å². The molecular weight excluding hydrogens is 498 g/mol. The lowest BCUT2D eigenvalue weighted by Crippen LogP contribution is -2.39. The number of rotatable bonds is 5. The molecule has 0 amide bonds. The Morgan fingerprint density at radius 2 is 1.65 bits per heavy atom. The summed E-state index contributed by atoms with van der Waals surface area (Å²) in [5.74, 6) is 1.30. The van der Waals surface area contributed by atoms with E-state index in [2.05, 4.69) is 60.2 Å². The summed E-state index contributed by atoms with van der Waals surface area (Å²) in [6.07, 6.45) is 16.1. The van der Waals surface area contributed by atoms with Crippen LogP contribution in [0.5, 0.6) is 0 Å². The van der Waals surface area contributed by atoms with Gasteiger partial charge in [0, 0.05) is 35.2 Å². The van der Waals surface area contributed by atoms with Gasteiger partial charge < -0.3 is 16.4 Å². The monoisotopic (exact) mass is 535 g/mol. The van der Waals surface area contributed by atoms with E-state index >= 15 is 0 Å². The number of nitrogens with one attached hydrogen (secondary N) is 2. The van der Waals surface area contributed by atoms with Crippen LogP contribution in [0.4, 0.5) is 17.6 Å². The van der Waals surface area contributed by atoms with Crippen molar-refractivity contribution in [3.05, 3.63) is 65.0 Å². The first kappa shape index (κ1) is 25.1. The van der Waals surface area contributed by atoms with Gasteiger partial charge in [-0.3, -0.25) is 4.98 Å². The summed E-state index contributed by atoms with van der Waals surface area (Å²) in [4.78, 5) is 9.04. The first-order valence-corrected chi connectivity index (χ1v) is 14.9. The highest BCUT2D eigenvalue weighted by molar-refractivity contribution is 5.67. The van der Waals surface area contributed by atoms with E-state index in [9.17, 15) is 0 Å². The topological polar surface area (TPSA) is 119 Å². The maximum absolute atomic E-state index is 6.30.